The molecule has 1 atom stereocenters. The lowest BCUT2D eigenvalue weighted by Crippen LogP contribution is -2.37. The highest BCUT2D eigenvalue weighted by atomic mass is 35.5. The molecule has 0 fully saturated rings. The third kappa shape index (κ3) is 3.76. The normalized spacial score (nSPS) is 15.4. The zero-order valence-electron chi connectivity index (χ0n) is 14.0. The van der Waals surface area contributed by atoms with Crippen molar-refractivity contribution in [3.63, 3.8) is 0 Å². The first-order valence-corrected chi connectivity index (χ1v) is 7.82. The number of imide groups is 1. The first-order valence-electron chi connectivity index (χ1n) is 7.44. The Morgan fingerprint density at radius 3 is 2.61 bits per heavy atom. The SMILES string of the molecule is CNC(C)Nc1ccc(Cl)c2c1C(=O)N(C(=O)OC(C)(C)C)C2. The molecule has 2 rings (SSSR count). The number of rotatable bonds is 3. The van der Waals surface area contributed by atoms with Crippen molar-refractivity contribution in [1.29, 1.82) is 0 Å². The maximum Gasteiger partial charge on any atom is 0.417 e. The molecule has 126 valence electrons. The molecule has 0 aliphatic carbocycles. The molecule has 1 unspecified atom stereocenters. The van der Waals surface area contributed by atoms with Gasteiger partial charge in [0.2, 0.25) is 0 Å². The largest absolute Gasteiger partial charge is 0.443 e. The summed E-state index contributed by atoms with van der Waals surface area (Å²) in [5.74, 6) is -0.400. The van der Waals surface area contributed by atoms with Gasteiger partial charge in [0.25, 0.3) is 5.91 Å². The number of nitrogens with zero attached hydrogens (tertiary/aromatic N) is 1. The smallest absolute Gasteiger partial charge is 0.417 e. The Morgan fingerprint density at radius 2 is 2.04 bits per heavy atom. The molecule has 0 bridgehead atoms. The van der Waals surface area contributed by atoms with E-state index in [-0.39, 0.29) is 12.7 Å². The zero-order valence-corrected chi connectivity index (χ0v) is 14.7. The molecule has 0 saturated heterocycles. The van der Waals surface area contributed by atoms with Gasteiger partial charge in [0, 0.05) is 16.3 Å². The average molecular weight is 340 g/mol. The summed E-state index contributed by atoms with van der Waals surface area (Å²) >= 11 is 6.21. The lowest BCUT2D eigenvalue weighted by atomic mass is 10.1. The number of halogens is 1. The molecule has 0 aromatic heterocycles. The number of carbonyl (C=O) groups is 2. The van der Waals surface area contributed by atoms with E-state index in [1.165, 1.54) is 0 Å². The number of carbonyl (C=O) groups excluding carboxylic acids is 2. The van der Waals surface area contributed by atoms with Crippen LogP contribution in [0, 0.1) is 0 Å². The van der Waals surface area contributed by atoms with Crippen LogP contribution in [0.3, 0.4) is 0 Å². The fourth-order valence-electron chi connectivity index (χ4n) is 2.28. The Bertz CT molecular complexity index is 640. The third-order valence-corrected chi connectivity index (χ3v) is 3.80. The van der Waals surface area contributed by atoms with E-state index in [1.54, 1.807) is 32.9 Å². The van der Waals surface area contributed by atoms with E-state index in [4.69, 9.17) is 16.3 Å². The molecule has 0 radical (unpaired) electrons. The van der Waals surface area contributed by atoms with Gasteiger partial charge >= 0.3 is 6.09 Å². The van der Waals surface area contributed by atoms with Gasteiger partial charge in [0.1, 0.15) is 5.60 Å². The summed E-state index contributed by atoms with van der Waals surface area (Å²) in [4.78, 5) is 26.0. The molecule has 1 heterocycles. The van der Waals surface area contributed by atoms with Crippen molar-refractivity contribution in [2.75, 3.05) is 12.4 Å². The second kappa shape index (κ2) is 6.37. The van der Waals surface area contributed by atoms with Crippen LogP contribution in [0.1, 0.15) is 43.6 Å². The van der Waals surface area contributed by atoms with Crippen molar-refractivity contribution in [2.24, 2.45) is 0 Å². The quantitative estimate of drug-likeness (QED) is 0.827. The van der Waals surface area contributed by atoms with Gasteiger partial charge in [-0.05, 0) is 46.9 Å². The molecule has 7 heteroatoms. The Labute approximate surface area is 141 Å². The van der Waals surface area contributed by atoms with E-state index in [0.717, 1.165) is 4.90 Å². The fraction of sp³-hybridized carbons (Fsp3) is 0.500. The lowest BCUT2D eigenvalue weighted by Gasteiger charge is -2.23. The molecule has 1 aliphatic rings. The van der Waals surface area contributed by atoms with Crippen LogP contribution in [0.15, 0.2) is 12.1 Å². The van der Waals surface area contributed by atoms with Crippen LogP contribution in [0.2, 0.25) is 5.02 Å². The van der Waals surface area contributed by atoms with Crippen LogP contribution >= 0.6 is 11.6 Å². The van der Waals surface area contributed by atoms with Gasteiger partial charge in [-0.15, -0.1) is 0 Å². The third-order valence-electron chi connectivity index (χ3n) is 3.45. The molecular formula is C16H22ClN3O3. The molecular weight excluding hydrogens is 318 g/mol. The molecule has 0 saturated carbocycles. The van der Waals surface area contributed by atoms with Crippen LogP contribution in [-0.4, -0.2) is 35.7 Å². The number of hydrogen-bond acceptors (Lipinski definition) is 5. The van der Waals surface area contributed by atoms with Gasteiger partial charge in [0.15, 0.2) is 0 Å². The Kier molecular flexibility index (Phi) is 4.87. The number of nitrogens with one attached hydrogen (secondary N) is 2. The number of benzene rings is 1. The highest BCUT2D eigenvalue weighted by Gasteiger charge is 2.38. The minimum absolute atomic E-state index is 0.0383. The second-order valence-electron chi connectivity index (χ2n) is 6.47. The molecule has 1 aromatic rings. The first-order chi connectivity index (χ1) is 10.6. The summed E-state index contributed by atoms with van der Waals surface area (Å²) in [7, 11) is 1.81. The maximum absolute atomic E-state index is 12.7. The van der Waals surface area contributed by atoms with Gasteiger partial charge < -0.3 is 15.4 Å². The lowest BCUT2D eigenvalue weighted by molar-refractivity contribution is 0.0248. The molecule has 23 heavy (non-hydrogen) atoms. The monoisotopic (exact) mass is 339 g/mol. The van der Waals surface area contributed by atoms with E-state index >= 15 is 0 Å². The van der Waals surface area contributed by atoms with Gasteiger partial charge in [-0.2, -0.15) is 0 Å². The second-order valence-corrected chi connectivity index (χ2v) is 6.88. The van der Waals surface area contributed by atoms with Crippen LogP contribution in [0.5, 0.6) is 0 Å². The Morgan fingerprint density at radius 1 is 1.39 bits per heavy atom. The summed E-state index contributed by atoms with van der Waals surface area (Å²) in [5, 5.41) is 6.69. The van der Waals surface area contributed by atoms with Gasteiger partial charge in [0.05, 0.1) is 18.3 Å². The number of hydrogen-bond donors (Lipinski definition) is 2. The van der Waals surface area contributed by atoms with Crippen molar-refractivity contribution in [3.05, 3.63) is 28.3 Å². The number of amides is 2. The van der Waals surface area contributed by atoms with E-state index in [2.05, 4.69) is 10.6 Å². The van der Waals surface area contributed by atoms with Crippen molar-refractivity contribution in [3.8, 4) is 0 Å². The van der Waals surface area contributed by atoms with Crippen molar-refractivity contribution >= 4 is 29.3 Å². The number of ether oxygens (including phenoxy) is 1. The van der Waals surface area contributed by atoms with Crippen LogP contribution in [-0.2, 0) is 11.3 Å². The van der Waals surface area contributed by atoms with Gasteiger partial charge in [-0.1, -0.05) is 11.6 Å². The summed E-state index contributed by atoms with van der Waals surface area (Å²) in [6.07, 6.45) is -0.703. The van der Waals surface area contributed by atoms with Crippen LogP contribution in [0.25, 0.3) is 0 Å². The molecule has 0 spiro atoms. The summed E-state index contributed by atoms with van der Waals surface area (Å²) in [5.41, 5.74) is 1.03. The van der Waals surface area contributed by atoms with Gasteiger partial charge in [-0.25, -0.2) is 9.69 Å². The molecule has 6 nitrogen and oxygen atoms in total. The van der Waals surface area contributed by atoms with Crippen molar-refractivity contribution in [1.82, 2.24) is 10.2 Å². The minimum atomic E-state index is -0.669. The number of fused-ring (bicyclic) bond motifs is 1. The predicted molar refractivity (Wildman–Crippen MR) is 89.7 cm³/mol. The van der Waals surface area contributed by atoms with Crippen molar-refractivity contribution < 1.29 is 14.3 Å². The Hall–Kier alpha value is -1.79. The predicted octanol–water partition coefficient (Wildman–Crippen LogP) is 3.21. The van der Waals surface area contributed by atoms with Gasteiger partial charge in [-0.3, -0.25) is 4.79 Å². The van der Waals surface area contributed by atoms with E-state index < -0.39 is 17.6 Å². The standard InChI is InChI=1S/C16H22ClN3O3/c1-9(18-5)19-12-7-6-11(17)10-8-20(14(21)13(10)12)15(22)23-16(2,3)4/h6-7,9,18-19H,8H2,1-5H3. The number of anilines is 1. The summed E-state index contributed by atoms with van der Waals surface area (Å²) in [6, 6.07) is 3.46. The minimum Gasteiger partial charge on any atom is -0.443 e. The highest BCUT2D eigenvalue weighted by Crippen LogP contribution is 2.35. The molecule has 2 amide bonds. The average Bonchev–Trinajstić information content (AvgIpc) is 2.79. The van der Waals surface area contributed by atoms with Crippen LogP contribution in [0.4, 0.5) is 10.5 Å². The highest BCUT2D eigenvalue weighted by molar-refractivity contribution is 6.32. The Balaban J connectivity index is 2.33. The topological polar surface area (TPSA) is 70.7 Å². The van der Waals surface area contributed by atoms with E-state index in [9.17, 15) is 9.59 Å². The van der Waals surface area contributed by atoms with Crippen molar-refractivity contribution in [2.45, 2.75) is 46.0 Å². The van der Waals surface area contributed by atoms with E-state index in [1.807, 2.05) is 14.0 Å². The molecule has 1 aromatic carbocycles. The van der Waals surface area contributed by atoms with E-state index in [0.29, 0.717) is 21.8 Å². The zero-order chi connectivity index (χ0) is 17.4. The molecule has 1 aliphatic heterocycles. The maximum atomic E-state index is 12.7. The summed E-state index contributed by atoms with van der Waals surface area (Å²) < 4.78 is 5.30. The summed E-state index contributed by atoms with van der Waals surface area (Å²) in [6.45, 7) is 7.31. The molecule has 2 N–H and O–H groups in total. The van der Waals surface area contributed by atoms with Crippen LogP contribution < -0.4 is 10.6 Å². The first kappa shape index (κ1) is 17.6. The fourth-order valence-corrected chi connectivity index (χ4v) is 2.49.